The second-order valence-electron chi connectivity index (χ2n) is 6.74. The summed E-state index contributed by atoms with van der Waals surface area (Å²) in [7, 11) is 0. The number of aromatic nitrogens is 3. The van der Waals surface area contributed by atoms with E-state index in [0.29, 0.717) is 6.04 Å². The van der Waals surface area contributed by atoms with Crippen molar-refractivity contribution in [3.05, 3.63) is 78.4 Å². The van der Waals surface area contributed by atoms with Crippen LogP contribution < -0.4 is 0 Å². The van der Waals surface area contributed by atoms with Crippen molar-refractivity contribution < 1.29 is 0 Å². The lowest BCUT2D eigenvalue weighted by Gasteiger charge is -2.29. The molecule has 0 spiro atoms. The molecule has 1 saturated heterocycles. The Labute approximate surface area is 149 Å². The minimum atomic E-state index is 0.477. The second kappa shape index (κ2) is 7.62. The summed E-state index contributed by atoms with van der Waals surface area (Å²) in [5, 5.41) is 4.55. The minimum absolute atomic E-state index is 0.477. The van der Waals surface area contributed by atoms with Crippen LogP contribution in [0.4, 0.5) is 0 Å². The van der Waals surface area contributed by atoms with E-state index in [1.54, 1.807) is 0 Å². The zero-order valence-corrected chi connectivity index (χ0v) is 14.5. The van der Waals surface area contributed by atoms with Gasteiger partial charge in [-0.1, -0.05) is 31.0 Å². The normalized spacial score (nSPS) is 18.8. The first-order valence-corrected chi connectivity index (χ1v) is 9.13. The summed E-state index contributed by atoms with van der Waals surface area (Å²) in [6, 6.07) is 15.1. The summed E-state index contributed by atoms with van der Waals surface area (Å²) in [4.78, 5) is 6.78. The molecule has 128 valence electrons. The van der Waals surface area contributed by atoms with E-state index in [4.69, 9.17) is 0 Å². The smallest absolute Gasteiger partial charge is 0.0645 e. The largest absolute Gasteiger partial charge is 0.292 e. The number of nitrogens with zero attached hydrogens (tertiary/aromatic N) is 4. The summed E-state index contributed by atoms with van der Waals surface area (Å²) < 4.78 is 1.97. The quantitative estimate of drug-likeness (QED) is 0.711. The van der Waals surface area contributed by atoms with Gasteiger partial charge in [-0.05, 0) is 49.2 Å². The van der Waals surface area contributed by atoms with Gasteiger partial charge in [0, 0.05) is 36.7 Å². The maximum atomic E-state index is 4.55. The number of hydrogen-bond acceptors (Lipinski definition) is 3. The Bertz CT molecular complexity index is 782. The van der Waals surface area contributed by atoms with Gasteiger partial charge in [0.1, 0.15) is 0 Å². The van der Waals surface area contributed by atoms with Crippen LogP contribution in [0.5, 0.6) is 0 Å². The lowest BCUT2D eigenvalue weighted by Crippen LogP contribution is -2.28. The molecule has 3 aromatic rings. The van der Waals surface area contributed by atoms with Gasteiger partial charge in [-0.15, -0.1) is 0 Å². The topological polar surface area (TPSA) is 34.0 Å². The van der Waals surface area contributed by atoms with Crippen LogP contribution in [0.1, 0.15) is 42.9 Å². The zero-order chi connectivity index (χ0) is 16.9. The van der Waals surface area contributed by atoms with E-state index < -0.39 is 0 Å². The average Bonchev–Trinajstić information content (AvgIpc) is 3.02. The van der Waals surface area contributed by atoms with Crippen molar-refractivity contribution >= 4 is 0 Å². The van der Waals surface area contributed by atoms with Crippen molar-refractivity contribution in [1.82, 2.24) is 19.7 Å². The molecule has 0 saturated carbocycles. The molecule has 1 fully saturated rings. The molecular weight excluding hydrogens is 308 g/mol. The highest BCUT2D eigenvalue weighted by Gasteiger charge is 2.23. The van der Waals surface area contributed by atoms with Crippen molar-refractivity contribution in [1.29, 1.82) is 0 Å². The molecular formula is C21H24N4. The number of para-hydroxylation sites is 1. The number of likely N-dealkylation sites (tertiary alicyclic amines) is 1. The molecule has 25 heavy (non-hydrogen) atoms. The molecule has 0 aliphatic carbocycles. The third kappa shape index (κ3) is 3.80. The Balaban J connectivity index is 1.54. The Kier molecular flexibility index (Phi) is 4.89. The molecule has 1 aliphatic rings. The van der Waals surface area contributed by atoms with Gasteiger partial charge < -0.3 is 0 Å². The van der Waals surface area contributed by atoms with Crippen LogP contribution in [0.3, 0.4) is 0 Å². The van der Waals surface area contributed by atoms with Crippen LogP contribution in [0.2, 0.25) is 0 Å². The van der Waals surface area contributed by atoms with E-state index in [2.05, 4.69) is 45.4 Å². The maximum absolute atomic E-state index is 4.55. The van der Waals surface area contributed by atoms with Crippen LogP contribution in [0.15, 0.2) is 67.3 Å². The third-order valence-electron chi connectivity index (χ3n) is 5.00. The fourth-order valence-corrected chi connectivity index (χ4v) is 3.72. The van der Waals surface area contributed by atoms with Gasteiger partial charge in [0.2, 0.25) is 0 Å². The number of pyridine rings is 1. The fraction of sp³-hybridized carbons (Fsp3) is 0.333. The van der Waals surface area contributed by atoms with Crippen molar-refractivity contribution in [2.24, 2.45) is 0 Å². The monoisotopic (exact) mass is 332 g/mol. The Morgan fingerprint density at radius 2 is 1.80 bits per heavy atom. The molecule has 1 aromatic carbocycles. The van der Waals surface area contributed by atoms with E-state index in [-0.39, 0.29) is 0 Å². The van der Waals surface area contributed by atoms with Crippen LogP contribution in [0, 0.1) is 0 Å². The van der Waals surface area contributed by atoms with Gasteiger partial charge in [-0.2, -0.15) is 5.10 Å². The Morgan fingerprint density at radius 1 is 0.960 bits per heavy atom. The van der Waals surface area contributed by atoms with Crippen LogP contribution in [-0.2, 0) is 6.54 Å². The summed E-state index contributed by atoms with van der Waals surface area (Å²) in [6.45, 7) is 2.09. The fourth-order valence-electron chi connectivity index (χ4n) is 3.72. The highest BCUT2D eigenvalue weighted by Crippen LogP contribution is 2.31. The first-order valence-electron chi connectivity index (χ1n) is 9.13. The van der Waals surface area contributed by atoms with Gasteiger partial charge in [0.05, 0.1) is 11.9 Å². The summed E-state index contributed by atoms with van der Waals surface area (Å²) >= 11 is 0. The van der Waals surface area contributed by atoms with Gasteiger partial charge in [-0.3, -0.25) is 9.88 Å². The molecule has 0 N–H and O–H groups in total. The second-order valence-corrected chi connectivity index (χ2v) is 6.74. The van der Waals surface area contributed by atoms with Crippen LogP contribution in [-0.4, -0.2) is 26.2 Å². The zero-order valence-electron chi connectivity index (χ0n) is 14.5. The lowest BCUT2D eigenvalue weighted by molar-refractivity contribution is 0.192. The Morgan fingerprint density at radius 3 is 2.64 bits per heavy atom. The first kappa shape index (κ1) is 16.0. The number of rotatable bonds is 4. The van der Waals surface area contributed by atoms with E-state index in [0.717, 1.165) is 18.8 Å². The highest BCUT2D eigenvalue weighted by molar-refractivity contribution is 5.31. The van der Waals surface area contributed by atoms with Crippen LogP contribution >= 0.6 is 0 Å². The lowest BCUT2D eigenvalue weighted by atomic mass is 10.0. The standard InChI is InChI=1S/C21H24N4/c1-3-7-20(8-4-1)25-17-18(15-23-25)16-24-14-6-2-5-9-21(24)19-10-12-22-13-11-19/h1,3-4,7-8,10-13,15,17,21H,2,5-6,9,14,16H2. The molecule has 3 heterocycles. The molecule has 0 amide bonds. The van der Waals surface area contributed by atoms with Crippen molar-refractivity contribution in [2.75, 3.05) is 6.54 Å². The molecule has 4 nitrogen and oxygen atoms in total. The van der Waals surface area contributed by atoms with Gasteiger partial charge in [-0.25, -0.2) is 4.68 Å². The third-order valence-corrected chi connectivity index (χ3v) is 5.00. The van der Waals surface area contributed by atoms with E-state index >= 15 is 0 Å². The van der Waals surface area contributed by atoms with Crippen molar-refractivity contribution in [3.63, 3.8) is 0 Å². The maximum Gasteiger partial charge on any atom is 0.0645 e. The Hall–Kier alpha value is -2.46. The number of benzene rings is 1. The van der Waals surface area contributed by atoms with E-state index in [9.17, 15) is 0 Å². The van der Waals surface area contributed by atoms with Crippen LogP contribution in [0.25, 0.3) is 5.69 Å². The molecule has 1 unspecified atom stereocenters. The number of hydrogen-bond donors (Lipinski definition) is 0. The van der Waals surface area contributed by atoms with E-state index in [1.807, 2.05) is 41.5 Å². The van der Waals surface area contributed by atoms with Gasteiger partial charge in [0.25, 0.3) is 0 Å². The predicted octanol–water partition coefficient (Wildman–Crippen LogP) is 4.38. The molecule has 1 atom stereocenters. The minimum Gasteiger partial charge on any atom is -0.292 e. The van der Waals surface area contributed by atoms with Crippen molar-refractivity contribution in [3.8, 4) is 5.69 Å². The summed E-state index contributed by atoms with van der Waals surface area (Å²) in [5.74, 6) is 0. The predicted molar refractivity (Wildman–Crippen MR) is 99.4 cm³/mol. The summed E-state index contributed by atoms with van der Waals surface area (Å²) in [5.41, 5.74) is 3.76. The molecule has 1 aliphatic heterocycles. The van der Waals surface area contributed by atoms with E-state index in [1.165, 1.54) is 36.8 Å². The van der Waals surface area contributed by atoms with Gasteiger partial charge in [0.15, 0.2) is 0 Å². The highest BCUT2D eigenvalue weighted by atomic mass is 15.3. The molecule has 4 heteroatoms. The molecule has 4 rings (SSSR count). The SMILES string of the molecule is c1ccc(-n2cc(CN3CCCCCC3c3ccncc3)cn2)cc1. The van der Waals surface area contributed by atoms with Crippen molar-refractivity contribution in [2.45, 2.75) is 38.3 Å². The first-order chi connectivity index (χ1) is 12.4. The van der Waals surface area contributed by atoms with Gasteiger partial charge >= 0.3 is 0 Å². The molecule has 2 aromatic heterocycles. The average molecular weight is 332 g/mol. The summed E-state index contributed by atoms with van der Waals surface area (Å²) in [6.07, 6.45) is 13.1. The molecule has 0 bridgehead atoms. The molecule has 0 radical (unpaired) electrons.